The van der Waals surface area contributed by atoms with Gasteiger partial charge in [0.1, 0.15) is 18.0 Å². The number of nitrogens with one attached hydrogen (secondary N) is 1. The lowest BCUT2D eigenvalue weighted by molar-refractivity contribution is -0.187. The number of amides is 4. The molecule has 4 rings (SSSR count). The predicted octanol–water partition coefficient (Wildman–Crippen LogP) is 2.74. The van der Waals surface area contributed by atoms with E-state index in [0.717, 1.165) is 24.0 Å². The number of likely N-dealkylation sites (N-methyl/N-ethyl adjacent to an activating group) is 1. The molecule has 0 saturated carbocycles. The largest absolute Gasteiger partial charge is 0.337 e. The second-order valence-electron chi connectivity index (χ2n) is 8.68. The van der Waals surface area contributed by atoms with Crippen molar-refractivity contribution in [3.05, 3.63) is 71.5 Å². The topological polar surface area (TPSA) is 76.2 Å². The average Bonchev–Trinajstić information content (AvgIpc) is 2.83. The zero-order valence-electron chi connectivity index (χ0n) is 19.5. The van der Waals surface area contributed by atoms with E-state index in [9.17, 15) is 18.8 Å². The number of halogens is 1. The van der Waals surface area contributed by atoms with E-state index in [1.54, 1.807) is 34.0 Å². The summed E-state index contributed by atoms with van der Waals surface area (Å²) >= 11 is 0. The van der Waals surface area contributed by atoms with Crippen molar-refractivity contribution < 1.29 is 18.8 Å². The van der Waals surface area contributed by atoms with E-state index in [4.69, 9.17) is 0 Å². The molecule has 180 valence electrons. The van der Waals surface area contributed by atoms with Crippen LogP contribution < -0.4 is 5.32 Å². The fraction of sp³-hybridized carbons (Fsp3) is 0.400. The fourth-order valence-corrected chi connectivity index (χ4v) is 4.57. The van der Waals surface area contributed by atoms with Crippen molar-refractivity contribution in [1.82, 2.24) is 25.1 Å². The summed E-state index contributed by atoms with van der Waals surface area (Å²) in [5.41, 5.74) is 1.48. The summed E-state index contributed by atoms with van der Waals surface area (Å²) in [5.74, 6) is -0.668. The monoisotopic (exact) mass is 467 g/mol. The van der Waals surface area contributed by atoms with Gasteiger partial charge in [-0.05, 0) is 29.7 Å². The predicted molar refractivity (Wildman–Crippen MR) is 124 cm³/mol. The third-order valence-electron chi connectivity index (χ3n) is 6.29. The summed E-state index contributed by atoms with van der Waals surface area (Å²) in [6.07, 6.45) is 1.12. The minimum atomic E-state index is -0.787. The molecule has 2 atom stereocenters. The lowest BCUT2D eigenvalue weighted by Crippen LogP contribution is -2.73. The number of hydrazine groups is 1. The molecule has 0 aromatic heterocycles. The van der Waals surface area contributed by atoms with E-state index in [1.807, 2.05) is 30.3 Å². The van der Waals surface area contributed by atoms with Crippen molar-refractivity contribution in [1.29, 1.82) is 0 Å². The summed E-state index contributed by atoms with van der Waals surface area (Å²) in [5, 5.41) is 5.99. The molecule has 2 saturated heterocycles. The van der Waals surface area contributed by atoms with Crippen LogP contribution in [-0.2, 0) is 16.1 Å². The number of piperazine rings is 1. The minimum absolute atomic E-state index is 0.0218. The Morgan fingerprint density at radius 2 is 1.79 bits per heavy atom. The van der Waals surface area contributed by atoms with Crippen molar-refractivity contribution in [2.24, 2.45) is 0 Å². The van der Waals surface area contributed by atoms with Gasteiger partial charge in [0.25, 0.3) is 0 Å². The first-order chi connectivity index (χ1) is 16.4. The number of nitrogens with zero attached hydrogens (tertiary/aromatic N) is 4. The van der Waals surface area contributed by atoms with Gasteiger partial charge in [-0.25, -0.2) is 19.2 Å². The van der Waals surface area contributed by atoms with Crippen LogP contribution in [0.15, 0.2) is 54.6 Å². The molecule has 2 aromatic carbocycles. The Bertz CT molecular complexity index is 1030. The van der Waals surface area contributed by atoms with E-state index >= 15 is 0 Å². The third-order valence-corrected chi connectivity index (χ3v) is 6.29. The van der Waals surface area contributed by atoms with Crippen LogP contribution in [-0.4, -0.2) is 70.5 Å². The minimum Gasteiger partial charge on any atom is -0.337 e. The highest BCUT2D eigenvalue weighted by Crippen LogP contribution is 2.34. The first-order valence-electron chi connectivity index (χ1n) is 11.6. The molecule has 2 aliphatic rings. The molecular weight excluding hydrogens is 437 g/mol. The molecule has 2 aromatic rings. The number of urea groups is 1. The number of benzene rings is 2. The number of carbonyl (C=O) groups excluding carboxylic acids is 3. The number of hydrogen-bond donors (Lipinski definition) is 1. The maximum absolute atomic E-state index is 13.5. The average molecular weight is 468 g/mol. The molecule has 0 spiro atoms. The summed E-state index contributed by atoms with van der Waals surface area (Å²) in [7, 11) is 1.69. The molecule has 0 bridgehead atoms. The maximum atomic E-state index is 13.5. The molecule has 8 nitrogen and oxygen atoms in total. The first kappa shape index (κ1) is 23.7. The van der Waals surface area contributed by atoms with Crippen molar-refractivity contribution in [3.63, 3.8) is 0 Å². The van der Waals surface area contributed by atoms with Gasteiger partial charge in [0.15, 0.2) is 0 Å². The summed E-state index contributed by atoms with van der Waals surface area (Å²) in [6.45, 7) is 3.05. The SMILES string of the molecule is CCCCN1C[C@H]2N(C(=O)CN(C)N2C(=O)NCc2ccc(F)cc2)[C@@H](c2ccccc2)C1=O. The van der Waals surface area contributed by atoms with E-state index in [1.165, 1.54) is 17.1 Å². The van der Waals surface area contributed by atoms with E-state index in [2.05, 4.69) is 12.2 Å². The number of carbonyl (C=O) groups is 3. The zero-order valence-corrected chi connectivity index (χ0v) is 19.5. The van der Waals surface area contributed by atoms with Gasteiger partial charge in [0.2, 0.25) is 11.8 Å². The number of fused-ring (bicyclic) bond motifs is 1. The maximum Gasteiger partial charge on any atom is 0.334 e. The van der Waals surface area contributed by atoms with Gasteiger partial charge in [0.05, 0.1) is 13.1 Å². The van der Waals surface area contributed by atoms with Gasteiger partial charge >= 0.3 is 6.03 Å². The second kappa shape index (κ2) is 10.2. The van der Waals surface area contributed by atoms with Gasteiger partial charge in [-0.3, -0.25) is 9.59 Å². The van der Waals surface area contributed by atoms with E-state index in [-0.39, 0.29) is 43.3 Å². The molecule has 0 unspecified atom stereocenters. The van der Waals surface area contributed by atoms with Crippen molar-refractivity contribution >= 4 is 17.8 Å². The Kier molecular flexibility index (Phi) is 7.12. The normalized spacial score (nSPS) is 21.0. The smallest absolute Gasteiger partial charge is 0.334 e. The highest BCUT2D eigenvalue weighted by molar-refractivity contribution is 5.92. The van der Waals surface area contributed by atoms with Crippen LogP contribution in [0.25, 0.3) is 0 Å². The van der Waals surface area contributed by atoms with E-state index < -0.39 is 12.2 Å². The molecule has 0 radical (unpaired) electrons. The highest BCUT2D eigenvalue weighted by atomic mass is 19.1. The van der Waals surface area contributed by atoms with Crippen molar-refractivity contribution in [2.75, 3.05) is 26.7 Å². The highest BCUT2D eigenvalue weighted by Gasteiger charge is 2.51. The second-order valence-corrected chi connectivity index (χ2v) is 8.68. The van der Waals surface area contributed by atoms with Crippen LogP contribution >= 0.6 is 0 Å². The Hall–Kier alpha value is -3.46. The lowest BCUT2D eigenvalue weighted by Gasteiger charge is -2.54. The van der Waals surface area contributed by atoms with Crippen LogP contribution in [0.3, 0.4) is 0 Å². The molecule has 0 aliphatic carbocycles. The third kappa shape index (κ3) is 4.75. The van der Waals surface area contributed by atoms with Gasteiger partial charge in [-0.1, -0.05) is 55.8 Å². The van der Waals surface area contributed by atoms with Crippen LogP contribution in [0.1, 0.15) is 36.9 Å². The van der Waals surface area contributed by atoms with Gasteiger partial charge in [0, 0.05) is 20.1 Å². The first-order valence-corrected chi connectivity index (χ1v) is 11.6. The van der Waals surface area contributed by atoms with Crippen LogP contribution in [0.5, 0.6) is 0 Å². The molecule has 2 aliphatic heterocycles. The fourth-order valence-electron chi connectivity index (χ4n) is 4.57. The van der Waals surface area contributed by atoms with Gasteiger partial charge in [-0.2, -0.15) is 0 Å². The van der Waals surface area contributed by atoms with Crippen LogP contribution in [0, 0.1) is 5.82 Å². The summed E-state index contributed by atoms with van der Waals surface area (Å²) in [4.78, 5) is 43.3. The Labute approximate surface area is 198 Å². The molecule has 2 fully saturated rings. The number of rotatable bonds is 6. The van der Waals surface area contributed by atoms with Gasteiger partial charge in [-0.15, -0.1) is 0 Å². The molecule has 34 heavy (non-hydrogen) atoms. The zero-order chi connectivity index (χ0) is 24.2. The molecular formula is C25H30FN5O3. The molecule has 4 amide bonds. The summed E-state index contributed by atoms with van der Waals surface area (Å²) < 4.78 is 13.2. The Morgan fingerprint density at radius 3 is 2.47 bits per heavy atom. The molecule has 9 heteroatoms. The Balaban J connectivity index is 1.63. The lowest BCUT2D eigenvalue weighted by atomic mass is 9.98. The van der Waals surface area contributed by atoms with Crippen molar-refractivity contribution in [2.45, 2.75) is 38.5 Å². The molecule has 2 heterocycles. The van der Waals surface area contributed by atoms with Gasteiger partial charge < -0.3 is 15.1 Å². The van der Waals surface area contributed by atoms with Crippen LogP contribution in [0.4, 0.5) is 9.18 Å². The van der Waals surface area contributed by atoms with Crippen molar-refractivity contribution in [3.8, 4) is 0 Å². The van der Waals surface area contributed by atoms with Crippen LogP contribution in [0.2, 0.25) is 0 Å². The Morgan fingerprint density at radius 1 is 1.09 bits per heavy atom. The quantitative estimate of drug-likeness (QED) is 0.709. The molecule has 1 N–H and O–H groups in total. The van der Waals surface area contributed by atoms with E-state index in [0.29, 0.717) is 6.54 Å². The number of hydrogen-bond acceptors (Lipinski definition) is 4. The standard InChI is InChI=1S/C25H30FN5O3/c1-3-4-14-29-16-21-30(23(24(29)33)19-8-6-5-7-9-19)22(32)17-28(2)31(21)25(34)27-15-18-10-12-20(26)13-11-18/h5-13,21,23H,3-4,14-17H2,1-2H3,(H,27,34)/t21-,23-/m0/s1. The number of unbranched alkanes of at least 4 members (excludes halogenated alkanes) is 1. The summed E-state index contributed by atoms with van der Waals surface area (Å²) in [6, 6.07) is 14.0.